The zero-order valence-corrected chi connectivity index (χ0v) is 16.8. The van der Waals surface area contributed by atoms with Gasteiger partial charge in [-0.25, -0.2) is 0 Å². The molecule has 1 saturated carbocycles. The maximum absolute atomic E-state index is 8.06. The molecule has 0 spiro atoms. The van der Waals surface area contributed by atoms with Crippen molar-refractivity contribution in [2.75, 3.05) is 20.2 Å². The summed E-state index contributed by atoms with van der Waals surface area (Å²) in [5.74, 6) is 1.93. The smallest absolute Gasteiger partial charge is 0.118 e. The summed E-state index contributed by atoms with van der Waals surface area (Å²) in [6, 6.07) is 10.6. The second-order valence-corrected chi connectivity index (χ2v) is 7.46. The average Bonchev–Trinajstić information content (AvgIpc) is 3.12. The van der Waals surface area contributed by atoms with Gasteiger partial charge >= 0.3 is 0 Å². The highest BCUT2D eigenvalue weighted by molar-refractivity contribution is 5.20. The van der Waals surface area contributed by atoms with E-state index in [4.69, 9.17) is 9.84 Å². The molecule has 0 amide bonds. The minimum absolute atomic E-state index is 0.167. The Balaban J connectivity index is 0.000000223. The number of hydrogen-bond donors (Lipinski definition) is 1. The van der Waals surface area contributed by atoms with Gasteiger partial charge in [-0.3, -0.25) is 0 Å². The van der Waals surface area contributed by atoms with E-state index >= 15 is 0 Å². The first kappa shape index (κ1) is 22.0. The van der Waals surface area contributed by atoms with Crippen molar-refractivity contribution in [3.8, 4) is 5.75 Å². The van der Waals surface area contributed by atoms with Crippen LogP contribution >= 0.6 is 0 Å². The predicted octanol–water partition coefficient (Wildman–Crippen LogP) is 5.13. The fraction of sp³-hybridized carbons (Fsp3) is 0.727. The van der Waals surface area contributed by atoms with Crippen LogP contribution in [0.5, 0.6) is 5.75 Å². The number of aliphatic hydroxyl groups is 1. The van der Waals surface area contributed by atoms with Crippen molar-refractivity contribution in [2.45, 2.75) is 77.9 Å². The molecule has 3 rings (SSSR count). The number of aliphatic hydroxyl groups excluding tert-OH is 1. The van der Waals surface area contributed by atoms with Crippen LogP contribution in [0.4, 0.5) is 0 Å². The van der Waals surface area contributed by atoms with Crippen LogP contribution in [0.15, 0.2) is 30.3 Å². The summed E-state index contributed by atoms with van der Waals surface area (Å²) >= 11 is 0. The Morgan fingerprint density at radius 2 is 1.68 bits per heavy atom. The Morgan fingerprint density at radius 1 is 1.08 bits per heavy atom. The normalized spacial score (nSPS) is 21.1. The van der Waals surface area contributed by atoms with Crippen LogP contribution in [0.25, 0.3) is 0 Å². The van der Waals surface area contributed by atoms with Gasteiger partial charge in [0.1, 0.15) is 5.75 Å². The van der Waals surface area contributed by atoms with Gasteiger partial charge in [0.25, 0.3) is 0 Å². The first-order chi connectivity index (χ1) is 12.1. The second kappa shape index (κ2) is 13.2. The lowest BCUT2D eigenvalue weighted by molar-refractivity contribution is 0.184. The van der Waals surface area contributed by atoms with Gasteiger partial charge in [-0.1, -0.05) is 50.8 Å². The van der Waals surface area contributed by atoms with Gasteiger partial charge in [-0.2, -0.15) is 0 Å². The van der Waals surface area contributed by atoms with Crippen LogP contribution < -0.4 is 4.74 Å². The highest BCUT2D eigenvalue weighted by Gasteiger charge is 2.27. The van der Waals surface area contributed by atoms with E-state index in [0.29, 0.717) is 0 Å². The summed E-state index contributed by atoms with van der Waals surface area (Å²) in [6.07, 6.45) is 10.1. The van der Waals surface area contributed by atoms with Gasteiger partial charge in [0, 0.05) is 18.7 Å². The van der Waals surface area contributed by atoms with Crippen LogP contribution in [0.1, 0.15) is 65.7 Å². The molecule has 1 aromatic rings. The highest BCUT2D eigenvalue weighted by Crippen LogP contribution is 2.28. The molecule has 1 aliphatic heterocycles. The number of para-hydroxylation sites is 1. The molecule has 3 nitrogen and oxygen atoms in total. The molecule has 1 heterocycles. The highest BCUT2D eigenvalue weighted by atomic mass is 16.5. The molecule has 1 atom stereocenters. The quantitative estimate of drug-likeness (QED) is 0.821. The number of hydrogen-bond acceptors (Lipinski definition) is 3. The summed E-state index contributed by atoms with van der Waals surface area (Å²) in [4.78, 5) is 2.77. The minimum atomic E-state index is -0.167. The SMILES string of the molecule is CC(C)O.CCC1CCN(C2CCCCC2)C1.COc1ccccc1. The van der Waals surface area contributed by atoms with Crippen LogP contribution in [-0.4, -0.2) is 42.4 Å². The number of rotatable bonds is 3. The molecule has 0 bridgehead atoms. The van der Waals surface area contributed by atoms with E-state index in [2.05, 4.69) is 11.8 Å². The lowest BCUT2D eigenvalue weighted by Gasteiger charge is -2.31. The Hall–Kier alpha value is -1.06. The molecule has 144 valence electrons. The van der Waals surface area contributed by atoms with Gasteiger partial charge in [0.15, 0.2) is 0 Å². The molecule has 1 saturated heterocycles. The predicted molar refractivity (Wildman–Crippen MR) is 107 cm³/mol. The molecule has 1 aromatic carbocycles. The number of likely N-dealkylation sites (tertiary alicyclic amines) is 1. The van der Waals surface area contributed by atoms with Crippen molar-refractivity contribution in [3.05, 3.63) is 30.3 Å². The lowest BCUT2D eigenvalue weighted by Crippen LogP contribution is -2.34. The van der Waals surface area contributed by atoms with Gasteiger partial charge in [0.05, 0.1) is 7.11 Å². The van der Waals surface area contributed by atoms with Crippen molar-refractivity contribution in [1.29, 1.82) is 0 Å². The average molecular weight is 350 g/mol. The molecule has 1 N–H and O–H groups in total. The van der Waals surface area contributed by atoms with Gasteiger partial charge in [-0.05, 0) is 57.7 Å². The van der Waals surface area contributed by atoms with E-state index in [1.165, 1.54) is 58.0 Å². The zero-order valence-electron chi connectivity index (χ0n) is 16.8. The molecule has 1 unspecified atom stereocenters. The van der Waals surface area contributed by atoms with Crippen molar-refractivity contribution in [2.24, 2.45) is 5.92 Å². The molecule has 0 aromatic heterocycles. The third-order valence-corrected chi connectivity index (χ3v) is 4.96. The van der Waals surface area contributed by atoms with Crippen molar-refractivity contribution in [1.82, 2.24) is 4.90 Å². The third kappa shape index (κ3) is 9.86. The lowest BCUT2D eigenvalue weighted by atomic mass is 9.94. The summed E-state index contributed by atoms with van der Waals surface area (Å²) in [5, 5.41) is 8.06. The maximum atomic E-state index is 8.06. The third-order valence-electron chi connectivity index (χ3n) is 4.96. The van der Waals surface area contributed by atoms with Crippen LogP contribution in [0, 0.1) is 5.92 Å². The van der Waals surface area contributed by atoms with Crippen LogP contribution in [0.2, 0.25) is 0 Å². The number of benzene rings is 1. The van der Waals surface area contributed by atoms with E-state index in [9.17, 15) is 0 Å². The molecule has 2 aliphatic rings. The van der Waals surface area contributed by atoms with Crippen molar-refractivity contribution in [3.63, 3.8) is 0 Å². The molecular formula is C22H39NO2. The number of nitrogens with zero attached hydrogens (tertiary/aromatic N) is 1. The van der Waals surface area contributed by atoms with E-state index < -0.39 is 0 Å². The molecule has 2 fully saturated rings. The Labute approximate surface area is 155 Å². The summed E-state index contributed by atoms with van der Waals surface area (Å²) in [7, 11) is 1.66. The Morgan fingerprint density at radius 3 is 2.12 bits per heavy atom. The topological polar surface area (TPSA) is 32.7 Å². The monoisotopic (exact) mass is 349 g/mol. The van der Waals surface area contributed by atoms with E-state index in [-0.39, 0.29) is 6.10 Å². The summed E-state index contributed by atoms with van der Waals surface area (Å²) < 4.78 is 4.91. The summed E-state index contributed by atoms with van der Waals surface area (Å²) in [6.45, 7) is 8.58. The molecular weight excluding hydrogens is 310 g/mol. The number of ether oxygens (including phenoxy) is 1. The van der Waals surface area contributed by atoms with Crippen LogP contribution in [-0.2, 0) is 0 Å². The molecule has 25 heavy (non-hydrogen) atoms. The van der Waals surface area contributed by atoms with E-state index in [1.807, 2.05) is 30.3 Å². The number of methoxy groups -OCH3 is 1. The van der Waals surface area contributed by atoms with Crippen molar-refractivity contribution < 1.29 is 9.84 Å². The second-order valence-electron chi connectivity index (χ2n) is 7.46. The van der Waals surface area contributed by atoms with Crippen LogP contribution in [0.3, 0.4) is 0 Å². The molecule has 1 aliphatic carbocycles. The minimum Gasteiger partial charge on any atom is -0.497 e. The van der Waals surface area contributed by atoms with E-state index in [0.717, 1.165) is 17.7 Å². The first-order valence-electron chi connectivity index (χ1n) is 10.1. The zero-order chi connectivity index (χ0) is 18.5. The molecule has 3 heteroatoms. The molecule has 0 radical (unpaired) electrons. The largest absolute Gasteiger partial charge is 0.497 e. The fourth-order valence-corrected chi connectivity index (χ4v) is 3.53. The Kier molecular flexibility index (Phi) is 11.6. The fourth-order valence-electron chi connectivity index (χ4n) is 3.53. The first-order valence-corrected chi connectivity index (χ1v) is 10.1. The summed E-state index contributed by atoms with van der Waals surface area (Å²) in [5.41, 5.74) is 0. The standard InChI is InChI=1S/C12H23N.C7H8O.C3H8O/c1-2-11-8-9-13(10-11)12-6-4-3-5-7-12;1-8-7-5-3-2-4-6-7;1-3(2)4/h11-12H,2-10H2,1H3;2-6H,1H3;3-4H,1-2H3. The van der Waals surface area contributed by atoms with Crippen molar-refractivity contribution >= 4 is 0 Å². The van der Waals surface area contributed by atoms with Gasteiger partial charge in [0.2, 0.25) is 0 Å². The van der Waals surface area contributed by atoms with Gasteiger partial charge in [-0.15, -0.1) is 0 Å². The van der Waals surface area contributed by atoms with E-state index in [1.54, 1.807) is 21.0 Å². The van der Waals surface area contributed by atoms with Gasteiger partial charge < -0.3 is 14.7 Å². The maximum Gasteiger partial charge on any atom is 0.118 e. The Bertz CT molecular complexity index is 413.